The van der Waals surface area contributed by atoms with Gasteiger partial charge in [0.05, 0.1) is 12.8 Å². The number of aromatic nitrogens is 1. The molecule has 1 heterocycles. The van der Waals surface area contributed by atoms with Gasteiger partial charge in [0.15, 0.2) is 11.6 Å². The Kier molecular flexibility index (Phi) is 4.52. The molecule has 0 atom stereocenters. The number of hydrogen-bond donors (Lipinski definition) is 1. The highest BCUT2D eigenvalue weighted by Gasteiger charge is 2.10. The molecule has 1 aromatic carbocycles. The maximum atomic E-state index is 13.3. The van der Waals surface area contributed by atoms with Crippen molar-refractivity contribution < 1.29 is 13.5 Å². The summed E-state index contributed by atoms with van der Waals surface area (Å²) in [5.41, 5.74) is 1.52. The highest BCUT2D eigenvalue weighted by atomic mass is 19.1. The van der Waals surface area contributed by atoms with Crippen LogP contribution < -0.4 is 10.1 Å². The molecule has 0 aliphatic carbocycles. The smallest absolute Gasteiger partial charge is 0.226 e. The van der Waals surface area contributed by atoms with Crippen LogP contribution in [0.5, 0.6) is 5.75 Å². The molecular formula is C14H17FN2O2. The summed E-state index contributed by atoms with van der Waals surface area (Å²) in [4.78, 5) is 4.35. The van der Waals surface area contributed by atoms with Crippen molar-refractivity contribution in [2.45, 2.75) is 19.9 Å². The van der Waals surface area contributed by atoms with Crippen molar-refractivity contribution in [2.75, 3.05) is 13.7 Å². The molecule has 0 amide bonds. The number of nitrogens with one attached hydrogen (secondary N) is 1. The van der Waals surface area contributed by atoms with Crippen LogP contribution >= 0.6 is 0 Å². The first kappa shape index (κ1) is 13.5. The molecule has 19 heavy (non-hydrogen) atoms. The first-order valence-corrected chi connectivity index (χ1v) is 6.23. The molecule has 2 rings (SSSR count). The van der Waals surface area contributed by atoms with Crippen LogP contribution in [0, 0.1) is 5.82 Å². The van der Waals surface area contributed by atoms with Gasteiger partial charge < -0.3 is 14.5 Å². The molecule has 0 saturated heterocycles. The number of oxazole rings is 1. The molecule has 0 saturated carbocycles. The first-order valence-electron chi connectivity index (χ1n) is 6.23. The first-order chi connectivity index (χ1) is 9.24. The summed E-state index contributed by atoms with van der Waals surface area (Å²) in [7, 11) is 1.43. The molecule has 5 heteroatoms. The standard InChI is InChI=1S/C14H17FN2O2/c1-3-6-16-8-11-9-19-14(17-11)10-4-5-12(15)13(7-10)18-2/h4-5,7,9,16H,3,6,8H2,1-2H3. The molecule has 2 aromatic rings. The fourth-order valence-corrected chi connectivity index (χ4v) is 1.71. The van der Waals surface area contributed by atoms with Crippen LogP contribution in [0.3, 0.4) is 0 Å². The van der Waals surface area contributed by atoms with E-state index in [1.807, 2.05) is 0 Å². The minimum Gasteiger partial charge on any atom is -0.494 e. The van der Waals surface area contributed by atoms with Gasteiger partial charge in [-0.15, -0.1) is 0 Å². The zero-order valence-corrected chi connectivity index (χ0v) is 11.1. The number of rotatable bonds is 6. The maximum absolute atomic E-state index is 13.3. The third kappa shape index (κ3) is 3.32. The Hall–Kier alpha value is -1.88. The Bertz CT molecular complexity index is 540. The van der Waals surface area contributed by atoms with Crippen molar-refractivity contribution in [3.8, 4) is 17.2 Å². The third-order valence-corrected chi connectivity index (χ3v) is 2.68. The zero-order chi connectivity index (χ0) is 13.7. The Balaban J connectivity index is 2.13. The fraction of sp³-hybridized carbons (Fsp3) is 0.357. The van der Waals surface area contributed by atoms with Crippen molar-refractivity contribution in [3.05, 3.63) is 36.0 Å². The Morgan fingerprint density at radius 3 is 3.00 bits per heavy atom. The summed E-state index contributed by atoms with van der Waals surface area (Å²) in [5.74, 6) is 0.246. The maximum Gasteiger partial charge on any atom is 0.226 e. The normalized spacial score (nSPS) is 10.7. The lowest BCUT2D eigenvalue weighted by atomic mass is 10.2. The van der Waals surface area contributed by atoms with E-state index in [1.165, 1.54) is 13.2 Å². The molecular weight excluding hydrogens is 247 g/mol. The lowest BCUT2D eigenvalue weighted by Crippen LogP contribution is -2.13. The largest absolute Gasteiger partial charge is 0.494 e. The van der Waals surface area contributed by atoms with Crippen molar-refractivity contribution in [1.29, 1.82) is 0 Å². The summed E-state index contributed by atoms with van der Waals surface area (Å²) in [5, 5.41) is 3.24. The molecule has 102 valence electrons. The number of ether oxygens (including phenoxy) is 1. The van der Waals surface area contributed by atoms with Crippen molar-refractivity contribution in [2.24, 2.45) is 0 Å². The summed E-state index contributed by atoms with van der Waals surface area (Å²) in [6, 6.07) is 4.53. The van der Waals surface area contributed by atoms with Gasteiger partial charge in [0, 0.05) is 12.1 Å². The van der Waals surface area contributed by atoms with Crippen LogP contribution in [0.1, 0.15) is 19.0 Å². The van der Waals surface area contributed by atoms with Gasteiger partial charge in [0.25, 0.3) is 0 Å². The van der Waals surface area contributed by atoms with E-state index in [9.17, 15) is 4.39 Å². The summed E-state index contributed by atoms with van der Waals surface area (Å²) in [6.45, 7) is 3.70. The van der Waals surface area contributed by atoms with E-state index in [0.717, 1.165) is 18.7 Å². The molecule has 1 aromatic heterocycles. The number of hydrogen-bond acceptors (Lipinski definition) is 4. The van der Waals surface area contributed by atoms with Crippen molar-refractivity contribution >= 4 is 0 Å². The number of benzene rings is 1. The van der Waals surface area contributed by atoms with Gasteiger partial charge in [-0.3, -0.25) is 0 Å². The molecule has 0 aliphatic rings. The molecule has 0 fully saturated rings. The second-order valence-electron chi connectivity index (χ2n) is 4.17. The zero-order valence-electron chi connectivity index (χ0n) is 11.1. The van der Waals surface area contributed by atoms with Crippen LogP contribution in [0.25, 0.3) is 11.5 Å². The molecule has 0 radical (unpaired) electrons. The van der Waals surface area contributed by atoms with Gasteiger partial charge in [-0.2, -0.15) is 0 Å². The van der Waals surface area contributed by atoms with Gasteiger partial charge in [-0.1, -0.05) is 6.92 Å². The van der Waals surface area contributed by atoms with E-state index in [4.69, 9.17) is 9.15 Å². The second-order valence-corrected chi connectivity index (χ2v) is 4.17. The number of methoxy groups -OCH3 is 1. The lowest BCUT2D eigenvalue weighted by molar-refractivity contribution is 0.386. The quantitative estimate of drug-likeness (QED) is 0.815. The summed E-state index contributed by atoms with van der Waals surface area (Å²) < 4.78 is 23.6. The van der Waals surface area contributed by atoms with E-state index in [1.54, 1.807) is 18.4 Å². The molecule has 0 bridgehead atoms. The predicted molar refractivity (Wildman–Crippen MR) is 70.4 cm³/mol. The SMILES string of the molecule is CCCNCc1coc(-c2ccc(F)c(OC)c2)n1. The predicted octanol–water partition coefficient (Wildman–Crippen LogP) is 2.99. The van der Waals surface area contributed by atoms with E-state index in [-0.39, 0.29) is 5.75 Å². The highest BCUT2D eigenvalue weighted by Crippen LogP contribution is 2.25. The van der Waals surface area contributed by atoms with Gasteiger partial charge in [0.2, 0.25) is 5.89 Å². The lowest BCUT2D eigenvalue weighted by Gasteiger charge is -2.02. The molecule has 4 nitrogen and oxygen atoms in total. The van der Waals surface area contributed by atoms with Crippen LogP contribution in [0.15, 0.2) is 28.9 Å². The van der Waals surface area contributed by atoms with Crippen LogP contribution in [0.2, 0.25) is 0 Å². The monoisotopic (exact) mass is 264 g/mol. The van der Waals surface area contributed by atoms with Crippen LogP contribution in [0.4, 0.5) is 4.39 Å². The van der Waals surface area contributed by atoms with Crippen LogP contribution in [-0.2, 0) is 6.54 Å². The minimum absolute atomic E-state index is 0.182. The van der Waals surface area contributed by atoms with E-state index in [0.29, 0.717) is 18.0 Å². The Morgan fingerprint density at radius 1 is 1.42 bits per heavy atom. The minimum atomic E-state index is -0.400. The van der Waals surface area contributed by atoms with E-state index >= 15 is 0 Å². The van der Waals surface area contributed by atoms with E-state index in [2.05, 4.69) is 17.2 Å². The van der Waals surface area contributed by atoms with Gasteiger partial charge in [-0.05, 0) is 31.2 Å². The molecule has 0 spiro atoms. The van der Waals surface area contributed by atoms with Gasteiger partial charge >= 0.3 is 0 Å². The van der Waals surface area contributed by atoms with Gasteiger partial charge in [0.1, 0.15) is 6.26 Å². The van der Waals surface area contributed by atoms with Gasteiger partial charge in [-0.25, -0.2) is 9.37 Å². The van der Waals surface area contributed by atoms with E-state index < -0.39 is 5.82 Å². The van der Waals surface area contributed by atoms with Crippen LogP contribution in [-0.4, -0.2) is 18.6 Å². The Labute approximate surface area is 111 Å². The number of nitrogens with zero attached hydrogens (tertiary/aromatic N) is 1. The molecule has 1 N–H and O–H groups in total. The third-order valence-electron chi connectivity index (χ3n) is 2.68. The van der Waals surface area contributed by atoms with Crippen molar-refractivity contribution in [3.63, 3.8) is 0 Å². The fourth-order valence-electron chi connectivity index (χ4n) is 1.71. The van der Waals surface area contributed by atoms with Crippen molar-refractivity contribution in [1.82, 2.24) is 10.3 Å². The number of halogens is 1. The summed E-state index contributed by atoms with van der Waals surface area (Å²) in [6.07, 6.45) is 2.67. The topological polar surface area (TPSA) is 47.3 Å². The highest BCUT2D eigenvalue weighted by molar-refractivity contribution is 5.56. The molecule has 0 aliphatic heterocycles. The molecule has 0 unspecified atom stereocenters. The average Bonchev–Trinajstić information content (AvgIpc) is 2.88. The average molecular weight is 264 g/mol. The Morgan fingerprint density at radius 2 is 2.26 bits per heavy atom. The second kappa shape index (κ2) is 6.33. The summed E-state index contributed by atoms with van der Waals surface area (Å²) >= 11 is 0.